The molecule has 4 nitrogen and oxygen atoms in total. The molecule has 90 valence electrons. The van der Waals surface area contributed by atoms with Crippen LogP contribution in [0.5, 0.6) is 0 Å². The molecule has 0 spiro atoms. The van der Waals surface area contributed by atoms with Gasteiger partial charge in [0, 0.05) is 11.6 Å². The van der Waals surface area contributed by atoms with E-state index in [2.05, 4.69) is 0 Å². The lowest BCUT2D eigenvalue weighted by Gasteiger charge is -1.97. The molecule has 18 heavy (non-hydrogen) atoms. The van der Waals surface area contributed by atoms with Gasteiger partial charge in [-0.25, -0.2) is 4.79 Å². The Morgan fingerprint density at radius 1 is 1.11 bits per heavy atom. The minimum atomic E-state index is -0.985. The summed E-state index contributed by atoms with van der Waals surface area (Å²) in [6.45, 7) is 0. The molecule has 2 rings (SSSR count). The van der Waals surface area contributed by atoms with E-state index in [0.717, 1.165) is 17.2 Å². The monoisotopic (exact) mass is 242 g/mol. The molecule has 0 atom stereocenters. The van der Waals surface area contributed by atoms with Gasteiger partial charge in [0.1, 0.15) is 5.76 Å². The molecule has 0 saturated heterocycles. The van der Waals surface area contributed by atoms with Crippen LogP contribution in [0.3, 0.4) is 0 Å². The molecule has 2 aromatic rings. The summed E-state index contributed by atoms with van der Waals surface area (Å²) in [5.41, 5.74) is 1.61. The van der Waals surface area contributed by atoms with Crippen molar-refractivity contribution in [3.8, 4) is 11.3 Å². The predicted molar refractivity (Wildman–Crippen MR) is 66.2 cm³/mol. The van der Waals surface area contributed by atoms with E-state index in [1.807, 2.05) is 0 Å². The largest absolute Gasteiger partial charge is 0.478 e. The average Bonchev–Trinajstić information content (AvgIpc) is 2.85. The van der Waals surface area contributed by atoms with Gasteiger partial charge in [0.05, 0.1) is 0 Å². The summed E-state index contributed by atoms with van der Waals surface area (Å²) < 4.78 is 5.28. The Hall–Kier alpha value is -2.62. The van der Waals surface area contributed by atoms with E-state index in [9.17, 15) is 9.59 Å². The van der Waals surface area contributed by atoms with Gasteiger partial charge in [-0.1, -0.05) is 24.3 Å². The molecule has 0 aliphatic heterocycles. The van der Waals surface area contributed by atoms with Crippen LogP contribution >= 0.6 is 0 Å². The number of aldehydes is 1. The fourth-order valence-electron chi connectivity index (χ4n) is 1.50. The second-order valence-electron chi connectivity index (χ2n) is 3.61. The Morgan fingerprint density at radius 3 is 2.39 bits per heavy atom. The van der Waals surface area contributed by atoms with Crippen molar-refractivity contribution in [1.29, 1.82) is 0 Å². The highest BCUT2D eigenvalue weighted by Gasteiger charge is 2.03. The lowest BCUT2D eigenvalue weighted by molar-refractivity contribution is -0.131. The molecule has 0 aliphatic carbocycles. The molecule has 0 amide bonds. The quantitative estimate of drug-likeness (QED) is 0.661. The van der Waals surface area contributed by atoms with Crippen molar-refractivity contribution in [1.82, 2.24) is 0 Å². The van der Waals surface area contributed by atoms with E-state index < -0.39 is 5.97 Å². The minimum absolute atomic E-state index is 0.278. The van der Waals surface area contributed by atoms with Crippen LogP contribution in [0.1, 0.15) is 16.1 Å². The number of hydrogen-bond donors (Lipinski definition) is 1. The fraction of sp³-hybridized carbons (Fsp3) is 0. The Morgan fingerprint density at radius 2 is 1.83 bits per heavy atom. The third-order valence-electron chi connectivity index (χ3n) is 2.36. The molecule has 1 heterocycles. The third-order valence-corrected chi connectivity index (χ3v) is 2.36. The molecule has 1 N–H and O–H groups in total. The first-order valence-corrected chi connectivity index (χ1v) is 5.25. The van der Waals surface area contributed by atoms with Crippen LogP contribution < -0.4 is 0 Å². The lowest BCUT2D eigenvalue weighted by atomic mass is 10.1. The van der Waals surface area contributed by atoms with Gasteiger partial charge in [0.15, 0.2) is 12.0 Å². The molecule has 4 heteroatoms. The number of carboxylic acids is 1. The van der Waals surface area contributed by atoms with Crippen LogP contribution in [-0.2, 0) is 4.79 Å². The van der Waals surface area contributed by atoms with Gasteiger partial charge in [0.2, 0.25) is 0 Å². The summed E-state index contributed by atoms with van der Waals surface area (Å²) in [7, 11) is 0. The number of furan rings is 1. The summed E-state index contributed by atoms with van der Waals surface area (Å²) in [6, 6.07) is 10.5. The van der Waals surface area contributed by atoms with E-state index in [4.69, 9.17) is 9.52 Å². The highest BCUT2D eigenvalue weighted by molar-refractivity contribution is 5.85. The third kappa shape index (κ3) is 2.74. The molecular weight excluding hydrogens is 232 g/mol. The van der Waals surface area contributed by atoms with Crippen LogP contribution in [0.2, 0.25) is 0 Å². The summed E-state index contributed by atoms with van der Waals surface area (Å²) >= 11 is 0. The van der Waals surface area contributed by atoms with Crippen molar-refractivity contribution in [2.24, 2.45) is 0 Å². The Bertz CT molecular complexity index is 591. The molecule has 0 saturated carbocycles. The lowest BCUT2D eigenvalue weighted by Crippen LogP contribution is -1.85. The second kappa shape index (κ2) is 5.14. The number of rotatable bonds is 4. The van der Waals surface area contributed by atoms with Gasteiger partial charge in [-0.2, -0.15) is 0 Å². The van der Waals surface area contributed by atoms with E-state index in [0.29, 0.717) is 12.0 Å². The predicted octanol–water partition coefficient (Wildman–Crippen LogP) is 2.86. The van der Waals surface area contributed by atoms with Crippen molar-refractivity contribution < 1.29 is 19.1 Å². The number of carboxylic acid groups (broad SMARTS) is 1. The van der Waals surface area contributed by atoms with Gasteiger partial charge >= 0.3 is 5.97 Å². The van der Waals surface area contributed by atoms with Gasteiger partial charge in [0.25, 0.3) is 0 Å². The molecule has 1 aromatic carbocycles. The number of carbonyl (C=O) groups excluding carboxylic acids is 1. The standard InChI is InChI=1S/C14H10O4/c15-9-12-6-7-13(18-12)11-4-1-10(2-5-11)3-8-14(16)17/h1-9H,(H,16,17). The highest BCUT2D eigenvalue weighted by atomic mass is 16.4. The van der Waals surface area contributed by atoms with Gasteiger partial charge in [-0.05, 0) is 23.8 Å². The van der Waals surface area contributed by atoms with Crippen molar-refractivity contribution >= 4 is 18.3 Å². The van der Waals surface area contributed by atoms with E-state index in [-0.39, 0.29) is 5.76 Å². The molecule has 1 aromatic heterocycles. The minimum Gasteiger partial charge on any atom is -0.478 e. The zero-order valence-electron chi connectivity index (χ0n) is 9.37. The molecule has 0 radical (unpaired) electrons. The SMILES string of the molecule is O=Cc1ccc(-c2ccc(C=CC(=O)O)cc2)o1. The normalized spacial score (nSPS) is 10.7. The van der Waals surface area contributed by atoms with Crippen LogP contribution in [-0.4, -0.2) is 17.4 Å². The molecular formula is C14H10O4. The molecule has 0 bridgehead atoms. The number of carbonyl (C=O) groups is 2. The van der Waals surface area contributed by atoms with Crippen LogP contribution in [0, 0.1) is 0 Å². The number of benzene rings is 1. The van der Waals surface area contributed by atoms with Gasteiger partial charge < -0.3 is 9.52 Å². The van der Waals surface area contributed by atoms with Crippen molar-refractivity contribution in [3.05, 3.63) is 53.8 Å². The molecule has 0 unspecified atom stereocenters. The maximum atomic E-state index is 10.5. The molecule has 0 fully saturated rings. The summed E-state index contributed by atoms with van der Waals surface area (Å²) in [5, 5.41) is 8.50. The maximum Gasteiger partial charge on any atom is 0.328 e. The smallest absolute Gasteiger partial charge is 0.328 e. The Balaban J connectivity index is 2.21. The zero-order valence-corrected chi connectivity index (χ0v) is 9.37. The summed E-state index contributed by atoms with van der Waals surface area (Å²) in [6.07, 6.45) is 3.23. The maximum absolute atomic E-state index is 10.5. The summed E-state index contributed by atoms with van der Waals surface area (Å²) in [5.74, 6) is -0.105. The van der Waals surface area contributed by atoms with E-state index in [1.165, 1.54) is 6.08 Å². The highest BCUT2D eigenvalue weighted by Crippen LogP contribution is 2.22. The first kappa shape index (κ1) is 11.9. The summed E-state index contributed by atoms with van der Waals surface area (Å²) in [4.78, 5) is 20.9. The number of hydrogen-bond acceptors (Lipinski definition) is 3. The van der Waals surface area contributed by atoms with Crippen LogP contribution in [0.25, 0.3) is 17.4 Å². The first-order chi connectivity index (χ1) is 8.69. The Kier molecular flexibility index (Phi) is 3.38. The van der Waals surface area contributed by atoms with E-state index in [1.54, 1.807) is 36.4 Å². The van der Waals surface area contributed by atoms with Crippen molar-refractivity contribution in [3.63, 3.8) is 0 Å². The fourth-order valence-corrected chi connectivity index (χ4v) is 1.50. The van der Waals surface area contributed by atoms with Crippen molar-refractivity contribution in [2.45, 2.75) is 0 Å². The van der Waals surface area contributed by atoms with Crippen molar-refractivity contribution in [2.75, 3.05) is 0 Å². The van der Waals surface area contributed by atoms with Gasteiger partial charge in [-0.15, -0.1) is 0 Å². The van der Waals surface area contributed by atoms with E-state index >= 15 is 0 Å². The Labute approximate surface area is 103 Å². The molecule has 0 aliphatic rings. The first-order valence-electron chi connectivity index (χ1n) is 5.25. The van der Waals surface area contributed by atoms with Gasteiger partial charge in [-0.3, -0.25) is 4.79 Å². The zero-order chi connectivity index (χ0) is 13.0. The number of aliphatic carboxylic acids is 1. The van der Waals surface area contributed by atoms with Crippen LogP contribution in [0.4, 0.5) is 0 Å². The second-order valence-corrected chi connectivity index (χ2v) is 3.61. The topological polar surface area (TPSA) is 67.5 Å². The van der Waals surface area contributed by atoms with Crippen LogP contribution in [0.15, 0.2) is 46.9 Å². The average molecular weight is 242 g/mol.